The minimum atomic E-state index is -0.467. The fourth-order valence-corrected chi connectivity index (χ4v) is 2.61. The third kappa shape index (κ3) is 6.19. The molecule has 0 aliphatic carbocycles. The molecule has 22 heavy (non-hydrogen) atoms. The van der Waals surface area contributed by atoms with Crippen molar-refractivity contribution in [3.05, 3.63) is 29.3 Å². The summed E-state index contributed by atoms with van der Waals surface area (Å²) in [6.07, 6.45) is -0.925. The molecule has 2 atom stereocenters. The number of rotatable bonds is 7. The molecule has 0 spiro atoms. The van der Waals surface area contributed by atoms with E-state index < -0.39 is 12.2 Å². The van der Waals surface area contributed by atoms with Crippen molar-refractivity contribution in [2.75, 3.05) is 5.48 Å². The topological polar surface area (TPSA) is 70.6 Å². The zero-order valence-electron chi connectivity index (χ0n) is 13.8. The van der Waals surface area contributed by atoms with Crippen LogP contribution in [0.4, 0.5) is 10.5 Å². The number of nitrogens with one attached hydrogen (secondary N) is 2. The SMILES string of the molecule is BC(C)NC(=O)OC(C)c1ccc(CSC(C)C)cc1NO. The summed E-state index contributed by atoms with van der Waals surface area (Å²) in [4.78, 5) is 11.7. The Balaban J connectivity index is 2.78. The van der Waals surface area contributed by atoms with Gasteiger partial charge < -0.3 is 10.1 Å². The van der Waals surface area contributed by atoms with Crippen LogP contribution in [0.1, 0.15) is 44.9 Å². The Morgan fingerprint density at radius 1 is 1.36 bits per heavy atom. The van der Waals surface area contributed by atoms with Crippen LogP contribution in [0.2, 0.25) is 0 Å². The monoisotopic (exact) mass is 324 g/mol. The second kappa shape index (κ2) is 8.95. The van der Waals surface area contributed by atoms with Crippen LogP contribution in [0.25, 0.3) is 0 Å². The summed E-state index contributed by atoms with van der Waals surface area (Å²) in [5, 5.41) is 12.6. The molecule has 0 saturated carbocycles. The summed E-state index contributed by atoms with van der Waals surface area (Å²) >= 11 is 1.83. The molecule has 0 heterocycles. The van der Waals surface area contributed by atoms with Crippen molar-refractivity contribution >= 4 is 31.4 Å². The largest absolute Gasteiger partial charge is 0.442 e. The minimum absolute atomic E-state index is 0.0190. The third-order valence-corrected chi connectivity index (χ3v) is 4.12. The molecule has 0 fully saturated rings. The van der Waals surface area contributed by atoms with Gasteiger partial charge in [-0.25, -0.2) is 4.79 Å². The first-order valence-corrected chi connectivity index (χ1v) is 8.50. The highest BCUT2D eigenvalue weighted by Gasteiger charge is 2.16. The number of carbonyl (C=O) groups excluding carboxylic acids is 1. The summed E-state index contributed by atoms with van der Waals surface area (Å²) in [5.41, 5.74) is 4.60. The average molecular weight is 324 g/mol. The fourth-order valence-electron chi connectivity index (χ4n) is 1.90. The van der Waals surface area contributed by atoms with E-state index in [2.05, 4.69) is 24.6 Å². The van der Waals surface area contributed by atoms with E-state index in [1.807, 2.05) is 44.7 Å². The van der Waals surface area contributed by atoms with Crippen molar-refractivity contribution in [1.82, 2.24) is 5.32 Å². The van der Waals surface area contributed by atoms with E-state index in [1.165, 1.54) is 0 Å². The number of thioether (sulfide) groups is 1. The molecule has 2 unspecified atom stereocenters. The number of ether oxygens (including phenoxy) is 1. The normalized spacial score (nSPS) is 13.5. The maximum atomic E-state index is 11.7. The Morgan fingerprint density at radius 2 is 2.05 bits per heavy atom. The van der Waals surface area contributed by atoms with Crippen LogP contribution >= 0.6 is 11.8 Å². The molecule has 3 N–H and O–H groups in total. The van der Waals surface area contributed by atoms with Gasteiger partial charge in [0.05, 0.1) is 5.69 Å². The number of alkyl carbamates (subject to hydrolysis) is 1. The molecule has 1 amide bonds. The van der Waals surface area contributed by atoms with Crippen molar-refractivity contribution < 1.29 is 14.7 Å². The highest BCUT2D eigenvalue weighted by atomic mass is 32.2. The number of benzene rings is 1. The Kier molecular flexibility index (Phi) is 7.61. The summed E-state index contributed by atoms with van der Waals surface area (Å²) in [7, 11) is 1.87. The molecule has 5 nitrogen and oxygen atoms in total. The second-order valence-corrected chi connectivity index (χ2v) is 7.30. The van der Waals surface area contributed by atoms with E-state index in [1.54, 1.807) is 6.92 Å². The lowest BCUT2D eigenvalue weighted by molar-refractivity contribution is 0.106. The Hall–Kier alpha value is -1.34. The zero-order valence-corrected chi connectivity index (χ0v) is 14.7. The van der Waals surface area contributed by atoms with Gasteiger partial charge in [-0.2, -0.15) is 11.8 Å². The van der Waals surface area contributed by atoms with Gasteiger partial charge in [0.15, 0.2) is 0 Å². The first-order valence-electron chi connectivity index (χ1n) is 7.45. The van der Waals surface area contributed by atoms with E-state index in [0.717, 1.165) is 16.9 Å². The zero-order chi connectivity index (χ0) is 16.7. The lowest BCUT2D eigenvalue weighted by Gasteiger charge is -2.19. The Morgan fingerprint density at radius 3 is 2.59 bits per heavy atom. The standard InChI is InChI=1S/C15H25BN2O3S/c1-9(2)22-8-12-5-6-13(14(7-12)18-20)10(3)21-15(19)17-11(4)16/h5-7,9-11,18,20H,8,16H2,1-4H3,(H,17,19). The molecule has 122 valence electrons. The molecule has 1 aromatic carbocycles. The molecule has 0 aromatic heterocycles. The maximum absolute atomic E-state index is 11.7. The highest BCUT2D eigenvalue weighted by molar-refractivity contribution is 7.99. The lowest BCUT2D eigenvalue weighted by atomic mass is 10.00. The molecule has 0 bridgehead atoms. The van der Waals surface area contributed by atoms with Crippen LogP contribution in [0.5, 0.6) is 0 Å². The van der Waals surface area contributed by atoms with Gasteiger partial charge in [-0.1, -0.05) is 32.9 Å². The molecular weight excluding hydrogens is 299 g/mol. The number of hydrogen-bond acceptors (Lipinski definition) is 5. The number of carbonyl (C=O) groups is 1. The van der Waals surface area contributed by atoms with Crippen LogP contribution in [-0.4, -0.2) is 30.3 Å². The van der Waals surface area contributed by atoms with Gasteiger partial charge in [-0.3, -0.25) is 10.7 Å². The minimum Gasteiger partial charge on any atom is -0.442 e. The van der Waals surface area contributed by atoms with Gasteiger partial charge in [0.25, 0.3) is 0 Å². The average Bonchev–Trinajstić information content (AvgIpc) is 2.43. The van der Waals surface area contributed by atoms with Gasteiger partial charge >= 0.3 is 6.09 Å². The summed E-state index contributed by atoms with van der Waals surface area (Å²) in [6.45, 7) is 7.94. The number of amides is 1. The molecule has 0 aliphatic rings. The first-order chi connectivity index (χ1) is 10.3. The van der Waals surface area contributed by atoms with Gasteiger partial charge in [0, 0.05) is 11.3 Å². The molecule has 0 saturated heterocycles. The molecule has 7 heteroatoms. The highest BCUT2D eigenvalue weighted by Crippen LogP contribution is 2.28. The second-order valence-electron chi connectivity index (χ2n) is 5.74. The van der Waals surface area contributed by atoms with Crippen LogP contribution in [-0.2, 0) is 10.5 Å². The third-order valence-electron chi connectivity index (χ3n) is 2.95. The van der Waals surface area contributed by atoms with Gasteiger partial charge in [-0.15, -0.1) is 0 Å². The van der Waals surface area contributed by atoms with Crippen molar-refractivity contribution in [3.8, 4) is 0 Å². The van der Waals surface area contributed by atoms with E-state index in [0.29, 0.717) is 10.9 Å². The van der Waals surface area contributed by atoms with Crippen LogP contribution in [0, 0.1) is 0 Å². The Labute approximate surface area is 137 Å². The number of anilines is 1. The summed E-state index contributed by atoms with van der Waals surface area (Å²) in [5.74, 6) is 0.890. The van der Waals surface area contributed by atoms with Gasteiger partial charge in [0.1, 0.15) is 14.0 Å². The molecular formula is C15H25BN2O3S. The predicted molar refractivity (Wildman–Crippen MR) is 94.3 cm³/mol. The molecule has 1 aromatic rings. The van der Waals surface area contributed by atoms with Crippen LogP contribution < -0.4 is 10.8 Å². The fraction of sp³-hybridized carbons (Fsp3) is 0.533. The van der Waals surface area contributed by atoms with Crippen molar-refractivity contribution in [2.45, 2.75) is 50.7 Å². The van der Waals surface area contributed by atoms with Crippen molar-refractivity contribution in [2.24, 2.45) is 0 Å². The van der Waals surface area contributed by atoms with Crippen LogP contribution in [0.3, 0.4) is 0 Å². The number of hydrogen-bond donors (Lipinski definition) is 3. The van der Waals surface area contributed by atoms with Crippen molar-refractivity contribution in [1.29, 1.82) is 0 Å². The molecule has 0 aliphatic heterocycles. The van der Waals surface area contributed by atoms with Crippen LogP contribution in [0.15, 0.2) is 18.2 Å². The van der Waals surface area contributed by atoms with Gasteiger partial charge in [-0.05, 0) is 29.7 Å². The van der Waals surface area contributed by atoms with E-state index >= 15 is 0 Å². The summed E-state index contributed by atoms with van der Waals surface area (Å²) in [6, 6.07) is 5.75. The predicted octanol–water partition coefficient (Wildman–Crippen LogP) is 2.90. The smallest absolute Gasteiger partial charge is 0.407 e. The van der Waals surface area contributed by atoms with E-state index in [4.69, 9.17) is 4.74 Å². The van der Waals surface area contributed by atoms with E-state index in [9.17, 15) is 10.0 Å². The van der Waals surface area contributed by atoms with Gasteiger partial charge in [0.2, 0.25) is 0 Å². The van der Waals surface area contributed by atoms with Crippen molar-refractivity contribution in [3.63, 3.8) is 0 Å². The molecule has 1 rings (SSSR count). The maximum Gasteiger partial charge on any atom is 0.407 e. The summed E-state index contributed by atoms with van der Waals surface area (Å²) < 4.78 is 5.32. The quantitative estimate of drug-likeness (QED) is 0.531. The Bertz CT molecular complexity index is 498. The van der Waals surface area contributed by atoms with E-state index in [-0.39, 0.29) is 5.94 Å². The first kappa shape index (κ1) is 18.7. The lowest BCUT2D eigenvalue weighted by Crippen LogP contribution is -2.33. The molecule has 0 radical (unpaired) electrons.